The summed E-state index contributed by atoms with van der Waals surface area (Å²) >= 11 is 0.873. The average molecular weight is 1030 g/mol. The second kappa shape index (κ2) is 21.2. The van der Waals surface area contributed by atoms with E-state index in [0.717, 1.165) is 28.2 Å². The number of hydrogen-bond acceptors (Lipinski definition) is 13. The molecule has 4 amide bonds. The highest BCUT2D eigenvalue weighted by Crippen LogP contribution is 2.43. The summed E-state index contributed by atoms with van der Waals surface area (Å²) in [5.41, 5.74) is 8.23. The third-order valence-electron chi connectivity index (χ3n) is 13.8. The molecule has 4 aliphatic heterocycles. The first kappa shape index (κ1) is 50.1. The first-order chi connectivity index (χ1) is 36.3. The number of nitrogens with one attached hydrogen (secondary N) is 1. The zero-order valence-corrected chi connectivity index (χ0v) is 42.5. The van der Waals surface area contributed by atoms with Crippen molar-refractivity contribution in [3.8, 4) is 0 Å². The minimum atomic E-state index is -1.37. The van der Waals surface area contributed by atoms with Gasteiger partial charge in [0, 0.05) is 53.4 Å². The molecule has 0 saturated carbocycles. The van der Waals surface area contributed by atoms with Gasteiger partial charge in [-0.2, -0.15) is 9.36 Å². The van der Waals surface area contributed by atoms with Gasteiger partial charge in [-0.1, -0.05) is 157 Å². The van der Waals surface area contributed by atoms with Crippen molar-refractivity contribution in [2.75, 3.05) is 25.4 Å². The Kier molecular flexibility index (Phi) is 14.2. The number of rotatable bonds is 14. The van der Waals surface area contributed by atoms with Gasteiger partial charge < -0.3 is 35.2 Å². The van der Waals surface area contributed by atoms with E-state index in [1.54, 1.807) is 15.9 Å². The molecular weight excluding hydrogens is 969 g/mol. The Bertz CT molecular complexity index is 3050. The summed E-state index contributed by atoms with van der Waals surface area (Å²) in [6.45, 7) is 6.65. The molecule has 3 saturated heterocycles. The van der Waals surface area contributed by atoms with Crippen molar-refractivity contribution in [2.45, 2.75) is 81.9 Å². The number of oxime groups is 1. The van der Waals surface area contributed by atoms with Crippen LogP contribution in [0.4, 0.5) is 9.93 Å². The van der Waals surface area contributed by atoms with Crippen LogP contribution in [0, 0.1) is 0 Å². The number of aromatic nitrogens is 2. The van der Waals surface area contributed by atoms with Crippen LogP contribution < -0.4 is 11.1 Å². The number of carbonyl (C=O) groups is 5. The van der Waals surface area contributed by atoms with Gasteiger partial charge in [0.25, 0.3) is 11.8 Å². The van der Waals surface area contributed by atoms with Crippen molar-refractivity contribution in [1.29, 1.82) is 0 Å². The third kappa shape index (κ3) is 10.3. The number of amides is 4. The van der Waals surface area contributed by atoms with E-state index in [-0.39, 0.29) is 40.7 Å². The number of likely N-dealkylation sites (tertiary alicyclic amines) is 2. The van der Waals surface area contributed by atoms with Gasteiger partial charge in [-0.3, -0.25) is 19.3 Å². The summed E-state index contributed by atoms with van der Waals surface area (Å²) in [6.07, 6.45) is 2.01. The maximum atomic E-state index is 15.0. The molecular formula is C58H56N8O8S. The highest BCUT2D eigenvalue weighted by atomic mass is 32.1. The van der Waals surface area contributed by atoms with Gasteiger partial charge in [0.2, 0.25) is 23.0 Å². The number of ether oxygens (including phenoxy) is 2. The minimum absolute atomic E-state index is 0.0149. The summed E-state index contributed by atoms with van der Waals surface area (Å²) in [5, 5.41) is 7.55. The van der Waals surface area contributed by atoms with Crippen LogP contribution in [0.3, 0.4) is 0 Å². The van der Waals surface area contributed by atoms with Crippen LogP contribution in [-0.4, -0.2) is 103 Å². The van der Waals surface area contributed by atoms with E-state index in [9.17, 15) is 24.0 Å². The number of benzene rings is 5. The molecule has 3 fully saturated rings. The number of nitrogen functional groups attached to an aromatic ring is 1. The number of carbonyl (C=O) groups excluding carboxylic acids is 5. The Morgan fingerprint density at radius 3 is 1.87 bits per heavy atom. The Labute approximate surface area is 438 Å². The van der Waals surface area contributed by atoms with E-state index in [4.69, 9.17) is 20.0 Å². The standard InChI is InChI=1S/C58H56N8O8S/c1-57(2,3)73-56(71)64-33-32-44(36-64)65-34-31-40(52(65)68)35-39-29-30-45-46(53(69)66(45)48(39)54(70)72-49(37-19-9-4-10-20-37)38-21-11-5-12-22-38)60-51(67)47(50-61-55(59)75-63-50)62-74-58(41-23-13-6-14-24-41,42-25-15-7-16-26-42)43-27-17-8-18-28-43/h4-28,35,44-46,49H,29-34,36H2,1-3H3,(H,60,67)(H2,59,61,63)/b40-35+,62-47+/t44-,45-,46+/m1/s1. The van der Waals surface area contributed by atoms with Gasteiger partial charge in [-0.05, 0) is 69.2 Å². The largest absolute Gasteiger partial charge is 0.448 e. The van der Waals surface area contributed by atoms with Gasteiger partial charge in [0.15, 0.2) is 11.2 Å². The third-order valence-corrected chi connectivity index (χ3v) is 14.4. The second-order valence-corrected chi connectivity index (χ2v) is 20.6. The fourth-order valence-electron chi connectivity index (χ4n) is 10.3. The molecule has 10 rings (SSSR count). The molecule has 0 aliphatic carbocycles. The van der Waals surface area contributed by atoms with Crippen molar-refractivity contribution in [1.82, 2.24) is 29.4 Å². The van der Waals surface area contributed by atoms with Crippen molar-refractivity contribution in [3.63, 3.8) is 0 Å². The summed E-state index contributed by atoms with van der Waals surface area (Å²) in [4.78, 5) is 87.5. The van der Waals surface area contributed by atoms with Crippen LogP contribution in [0.5, 0.6) is 0 Å². The van der Waals surface area contributed by atoms with Crippen LogP contribution >= 0.6 is 11.5 Å². The molecule has 4 aliphatic rings. The number of allylic oxidation sites excluding steroid dienone is 2. The maximum absolute atomic E-state index is 15.0. The lowest BCUT2D eigenvalue weighted by Crippen LogP contribution is -2.72. The molecule has 382 valence electrons. The van der Waals surface area contributed by atoms with Crippen LogP contribution in [0.2, 0.25) is 0 Å². The van der Waals surface area contributed by atoms with Gasteiger partial charge in [-0.25, -0.2) is 9.59 Å². The van der Waals surface area contributed by atoms with Crippen molar-refractivity contribution < 1.29 is 38.3 Å². The molecule has 0 spiro atoms. The number of esters is 1. The lowest BCUT2D eigenvalue weighted by Gasteiger charge is -2.50. The zero-order chi connectivity index (χ0) is 52.3. The molecule has 17 heteroatoms. The number of hydrogen-bond donors (Lipinski definition) is 2. The van der Waals surface area contributed by atoms with Gasteiger partial charge >= 0.3 is 12.1 Å². The van der Waals surface area contributed by atoms with E-state index < -0.39 is 53.3 Å². The molecule has 1 aromatic heterocycles. The van der Waals surface area contributed by atoms with Crippen LogP contribution in [-0.2, 0) is 39.1 Å². The van der Waals surface area contributed by atoms with Crippen molar-refractivity contribution in [2.24, 2.45) is 5.16 Å². The lowest BCUT2D eigenvalue weighted by atomic mass is 9.80. The van der Waals surface area contributed by atoms with E-state index in [2.05, 4.69) is 19.8 Å². The van der Waals surface area contributed by atoms with Gasteiger partial charge in [-0.15, -0.1) is 0 Å². The molecule has 0 unspecified atom stereocenters. The summed E-state index contributed by atoms with van der Waals surface area (Å²) in [6, 6.07) is 45.1. The predicted octanol–water partition coefficient (Wildman–Crippen LogP) is 8.08. The van der Waals surface area contributed by atoms with E-state index in [1.807, 2.05) is 172 Å². The Morgan fingerprint density at radius 2 is 1.33 bits per heavy atom. The van der Waals surface area contributed by atoms with Crippen LogP contribution in [0.15, 0.2) is 180 Å². The molecule has 6 aromatic rings. The van der Waals surface area contributed by atoms with Crippen molar-refractivity contribution in [3.05, 3.63) is 208 Å². The number of β-lactam (4-membered cyclic amide) rings is 1. The van der Waals surface area contributed by atoms with E-state index >= 15 is 0 Å². The first-order valence-corrected chi connectivity index (χ1v) is 25.8. The minimum Gasteiger partial charge on any atom is -0.448 e. The fourth-order valence-corrected chi connectivity index (χ4v) is 10.7. The summed E-state index contributed by atoms with van der Waals surface area (Å²) in [7, 11) is 0. The average Bonchev–Trinajstić information content (AvgIpc) is 4.23. The molecule has 0 radical (unpaired) electrons. The zero-order valence-electron chi connectivity index (χ0n) is 41.7. The predicted molar refractivity (Wildman–Crippen MR) is 281 cm³/mol. The van der Waals surface area contributed by atoms with Crippen LogP contribution in [0.1, 0.15) is 86.2 Å². The van der Waals surface area contributed by atoms with Crippen molar-refractivity contribution >= 4 is 52.2 Å². The number of nitrogens with zero attached hydrogens (tertiary/aromatic N) is 6. The number of nitrogens with two attached hydrogens (primary N) is 1. The van der Waals surface area contributed by atoms with Gasteiger partial charge in [0.05, 0.1) is 12.1 Å². The monoisotopic (exact) mass is 1020 g/mol. The number of anilines is 1. The molecule has 5 heterocycles. The smallest absolute Gasteiger partial charge is 0.410 e. The normalized spacial score (nSPS) is 19.5. The Balaban J connectivity index is 0.969. The summed E-state index contributed by atoms with van der Waals surface area (Å²) in [5.74, 6) is -2.47. The molecule has 0 bridgehead atoms. The number of fused-ring (bicyclic) bond motifs is 1. The molecule has 5 aromatic carbocycles. The summed E-state index contributed by atoms with van der Waals surface area (Å²) < 4.78 is 16.4. The molecule has 3 atom stereocenters. The highest BCUT2D eigenvalue weighted by Gasteiger charge is 2.54. The highest BCUT2D eigenvalue weighted by molar-refractivity contribution is 7.09. The topological polar surface area (TPSA) is 199 Å². The Morgan fingerprint density at radius 1 is 0.773 bits per heavy atom. The quantitative estimate of drug-likeness (QED) is 0.0267. The molecule has 3 N–H and O–H groups in total. The van der Waals surface area contributed by atoms with Gasteiger partial charge in [0.1, 0.15) is 17.3 Å². The molecule has 16 nitrogen and oxygen atoms in total. The maximum Gasteiger partial charge on any atom is 0.410 e. The second-order valence-electron chi connectivity index (χ2n) is 19.8. The van der Waals surface area contributed by atoms with Crippen LogP contribution in [0.25, 0.3) is 0 Å². The SMILES string of the molecule is CC(C)(C)OC(=O)N1CC[C@@H](N2CC/C(=C\C3=C(C(=O)OC(c4ccccc4)c4ccccc4)N4C(=O)[C@@H](NC(=O)/C(=N/OC(c5ccccc5)(c5ccccc5)c5ccccc5)c5nsc(N)n5)[C@H]4CC3)C2=O)C1. The lowest BCUT2D eigenvalue weighted by molar-refractivity contribution is -0.158. The fraction of sp³-hybridized carbons (Fsp3) is 0.276. The first-order valence-electron chi connectivity index (χ1n) is 25.0. The Hall–Kier alpha value is -8.44. The molecule has 75 heavy (non-hydrogen) atoms. The van der Waals surface area contributed by atoms with E-state index in [0.29, 0.717) is 61.2 Å². The van der Waals surface area contributed by atoms with E-state index in [1.165, 1.54) is 4.90 Å².